The van der Waals surface area contributed by atoms with Crippen molar-refractivity contribution in [3.63, 3.8) is 0 Å². The number of nitrogens with zero attached hydrogens (tertiary/aromatic N) is 4. The SMILES string of the molecule is O=C(CSc1ncccc1-c1noc(C2CCC2)n1)NCc1ccccn1. The predicted octanol–water partition coefficient (Wildman–Crippen LogP) is 3.20. The van der Waals surface area contributed by atoms with Gasteiger partial charge < -0.3 is 9.84 Å². The quantitative estimate of drug-likeness (QED) is 0.628. The van der Waals surface area contributed by atoms with Crippen molar-refractivity contribution in [1.29, 1.82) is 0 Å². The molecule has 0 aromatic carbocycles. The second-order valence-corrected chi connectivity index (χ2v) is 7.29. The molecular formula is C19H19N5O2S. The van der Waals surface area contributed by atoms with Gasteiger partial charge in [0.25, 0.3) is 0 Å². The molecule has 0 saturated heterocycles. The lowest BCUT2D eigenvalue weighted by molar-refractivity contribution is -0.118. The Morgan fingerprint density at radius 2 is 2.07 bits per heavy atom. The largest absolute Gasteiger partial charge is 0.350 e. The highest BCUT2D eigenvalue weighted by molar-refractivity contribution is 8.00. The van der Waals surface area contributed by atoms with Crippen molar-refractivity contribution in [2.75, 3.05) is 5.75 Å². The Morgan fingerprint density at radius 3 is 2.85 bits per heavy atom. The van der Waals surface area contributed by atoms with E-state index < -0.39 is 0 Å². The van der Waals surface area contributed by atoms with E-state index in [1.54, 1.807) is 12.4 Å². The van der Waals surface area contributed by atoms with Gasteiger partial charge in [-0.3, -0.25) is 9.78 Å². The predicted molar refractivity (Wildman–Crippen MR) is 101 cm³/mol. The number of nitrogens with one attached hydrogen (secondary N) is 1. The Hall–Kier alpha value is -2.74. The maximum Gasteiger partial charge on any atom is 0.230 e. The lowest BCUT2D eigenvalue weighted by Crippen LogP contribution is -2.25. The average Bonchev–Trinajstić information content (AvgIpc) is 3.13. The van der Waals surface area contributed by atoms with E-state index in [9.17, 15) is 4.79 Å². The molecule has 4 rings (SSSR count). The molecule has 0 unspecified atom stereocenters. The fourth-order valence-electron chi connectivity index (χ4n) is 2.72. The van der Waals surface area contributed by atoms with Crippen LogP contribution in [-0.2, 0) is 11.3 Å². The van der Waals surface area contributed by atoms with Crippen LogP contribution in [0.2, 0.25) is 0 Å². The molecule has 1 fully saturated rings. The monoisotopic (exact) mass is 381 g/mol. The number of aromatic nitrogens is 4. The smallest absolute Gasteiger partial charge is 0.230 e. The summed E-state index contributed by atoms with van der Waals surface area (Å²) in [6.45, 7) is 0.408. The lowest BCUT2D eigenvalue weighted by atomic mass is 9.85. The van der Waals surface area contributed by atoms with Crippen LogP contribution in [0.15, 0.2) is 52.3 Å². The van der Waals surface area contributed by atoms with Crippen LogP contribution in [0.5, 0.6) is 0 Å². The fraction of sp³-hybridized carbons (Fsp3) is 0.316. The molecule has 0 spiro atoms. The molecule has 3 aromatic rings. The van der Waals surface area contributed by atoms with Crippen LogP contribution in [0.4, 0.5) is 0 Å². The van der Waals surface area contributed by atoms with E-state index in [0.29, 0.717) is 29.2 Å². The molecule has 8 heteroatoms. The molecule has 1 aliphatic carbocycles. The summed E-state index contributed by atoms with van der Waals surface area (Å²) >= 11 is 1.36. The Labute approximate surface area is 161 Å². The van der Waals surface area contributed by atoms with Gasteiger partial charge in [-0.05, 0) is 37.1 Å². The van der Waals surface area contributed by atoms with Crippen LogP contribution < -0.4 is 5.32 Å². The van der Waals surface area contributed by atoms with E-state index >= 15 is 0 Å². The fourth-order valence-corrected chi connectivity index (χ4v) is 3.54. The summed E-state index contributed by atoms with van der Waals surface area (Å²) in [7, 11) is 0. The molecule has 0 aliphatic heterocycles. The number of hydrogen-bond donors (Lipinski definition) is 1. The van der Waals surface area contributed by atoms with Gasteiger partial charge in [-0.15, -0.1) is 0 Å². The topological polar surface area (TPSA) is 93.8 Å². The highest BCUT2D eigenvalue weighted by Gasteiger charge is 2.26. The van der Waals surface area contributed by atoms with Gasteiger partial charge in [0.15, 0.2) is 0 Å². The summed E-state index contributed by atoms with van der Waals surface area (Å²) in [6.07, 6.45) is 6.83. The molecule has 1 amide bonds. The Balaban J connectivity index is 1.38. The first-order chi connectivity index (χ1) is 13.3. The minimum Gasteiger partial charge on any atom is -0.350 e. The second kappa shape index (κ2) is 8.30. The maximum atomic E-state index is 12.1. The third-order valence-corrected chi connectivity index (χ3v) is 5.45. The standard InChI is InChI=1S/C19H19N5O2S/c25-16(22-11-14-7-1-2-9-20-14)12-27-19-15(8-4-10-21-19)17-23-18(26-24-17)13-5-3-6-13/h1-2,4,7-10,13H,3,5-6,11-12H2,(H,22,25). The molecule has 7 nitrogen and oxygen atoms in total. The number of thioether (sulfide) groups is 1. The molecular weight excluding hydrogens is 362 g/mol. The highest BCUT2D eigenvalue weighted by atomic mass is 32.2. The number of hydrogen-bond acceptors (Lipinski definition) is 7. The van der Waals surface area contributed by atoms with Gasteiger partial charge in [-0.25, -0.2) is 4.98 Å². The Bertz CT molecular complexity index is 911. The van der Waals surface area contributed by atoms with Gasteiger partial charge in [0.2, 0.25) is 17.6 Å². The molecule has 1 saturated carbocycles. The van der Waals surface area contributed by atoms with E-state index in [1.165, 1.54) is 18.2 Å². The maximum absolute atomic E-state index is 12.1. The Kier molecular flexibility index (Phi) is 5.43. The molecule has 3 heterocycles. The number of pyridine rings is 2. The minimum atomic E-state index is -0.0782. The van der Waals surface area contributed by atoms with Gasteiger partial charge in [-0.1, -0.05) is 29.4 Å². The van der Waals surface area contributed by atoms with Crippen molar-refractivity contribution in [2.24, 2.45) is 0 Å². The third kappa shape index (κ3) is 4.33. The lowest BCUT2D eigenvalue weighted by Gasteiger charge is -2.20. The van der Waals surface area contributed by atoms with E-state index in [-0.39, 0.29) is 11.7 Å². The number of amides is 1. The number of rotatable bonds is 7. The van der Waals surface area contributed by atoms with Gasteiger partial charge in [0.1, 0.15) is 5.03 Å². The first-order valence-electron chi connectivity index (χ1n) is 8.88. The minimum absolute atomic E-state index is 0.0782. The summed E-state index contributed by atoms with van der Waals surface area (Å²) < 4.78 is 5.41. The summed E-state index contributed by atoms with van der Waals surface area (Å²) in [5.74, 6) is 1.79. The van der Waals surface area contributed by atoms with Crippen LogP contribution in [0.1, 0.15) is 36.8 Å². The number of carbonyl (C=O) groups is 1. The van der Waals surface area contributed by atoms with Gasteiger partial charge in [-0.2, -0.15) is 4.98 Å². The van der Waals surface area contributed by atoms with Crippen molar-refractivity contribution in [2.45, 2.75) is 36.8 Å². The van der Waals surface area contributed by atoms with Crippen molar-refractivity contribution in [3.05, 3.63) is 54.3 Å². The summed E-state index contributed by atoms with van der Waals surface area (Å²) in [5.41, 5.74) is 1.61. The van der Waals surface area contributed by atoms with Crippen LogP contribution >= 0.6 is 11.8 Å². The van der Waals surface area contributed by atoms with Crippen LogP contribution in [0, 0.1) is 0 Å². The first-order valence-corrected chi connectivity index (χ1v) is 9.86. The number of carbonyl (C=O) groups excluding carboxylic acids is 1. The molecule has 3 aromatic heterocycles. The summed E-state index contributed by atoms with van der Waals surface area (Å²) in [6, 6.07) is 9.35. The van der Waals surface area contributed by atoms with Gasteiger partial charge in [0.05, 0.1) is 23.6 Å². The summed E-state index contributed by atoms with van der Waals surface area (Å²) in [4.78, 5) is 25.2. The highest BCUT2D eigenvalue weighted by Crippen LogP contribution is 2.36. The normalized spacial score (nSPS) is 13.9. The zero-order chi connectivity index (χ0) is 18.5. The van der Waals surface area contributed by atoms with E-state index in [4.69, 9.17) is 4.52 Å². The first kappa shape index (κ1) is 17.7. The Morgan fingerprint density at radius 1 is 1.19 bits per heavy atom. The van der Waals surface area contributed by atoms with E-state index in [1.807, 2.05) is 30.3 Å². The molecule has 138 valence electrons. The molecule has 27 heavy (non-hydrogen) atoms. The summed E-state index contributed by atoms with van der Waals surface area (Å²) in [5, 5.41) is 7.68. The van der Waals surface area contributed by atoms with E-state index in [2.05, 4.69) is 25.4 Å². The third-order valence-electron chi connectivity index (χ3n) is 4.44. The van der Waals surface area contributed by atoms with Crippen molar-refractivity contribution >= 4 is 17.7 Å². The van der Waals surface area contributed by atoms with Crippen molar-refractivity contribution < 1.29 is 9.32 Å². The van der Waals surface area contributed by atoms with Crippen LogP contribution in [-0.4, -0.2) is 31.8 Å². The second-order valence-electron chi connectivity index (χ2n) is 6.33. The van der Waals surface area contributed by atoms with Gasteiger partial charge >= 0.3 is 0 Å². The molecule has 0 bridgehead atoms. The molecule has 1 N–H and O–H groups in total. The van der Waals surface area contributed by atoms with E-state index in [0.717, 1.165) is 24.1 Å². The van der Waals surface area contributed by atoms with Gasteiger partial charge in [0, 0.05) is 18.3 Å². The molecule has 0 radical (unpaired) electrons. The zero-order valence-electron chi connectivity index (χ0n) is 14.7. The van der Waals surface area contributed by atoms with Crippen molar-refractivity contribution in [1.82, 2.24) is 25.4 Å². The molecule has 0 atom stereocenters. The van der Waals surface area contributed by atoms with Crippen molar-refractivity contribution in [3.8, 4) is 11.4 Å². The zero-order valence-corrected chi connectivity index (χ0v) is 15.5. The average molecular weight is 381 g/mol. The van der Waals surface area contributed by atoms with Crippen LogP contribution in [0.3, 0.4) is 0 Å². The van der Waals surface area contributed by atoms with Crippen LogP contribution in [0.25, 0.3) is 11.4 Å². The molecule has 1 aliphatic rings.